The number of thiazole rings is 1. The van der Waals surface area contributed by atoms with Crippen LogP contribution in [0.15, 0.2) is 30.3 Å². The first-order chi connectivity index (χ1) is 11.2. The Hall–Kier alpha value is -2.12. The largest absolute Gasteiger partial charge is 0.465 e. The Balaban J connectivity index is 1.60. The standard InChI is InChI=1S/C16H20N4O2S/c1-22-15(21)13-14(17)18-16(23-13)20-9-7-19(8-10-20)11-12-5-3-2-4-6-12/h2-6H,7-11,17H2,1H3/p+1. The highest BCUT2D eigenvalue weighted by Gasteiger charge is 2.25. The van der Waals surface area contributed by atoms with Crippen molar-refractivity contribution in [3.8, 4) is 0 Å². The molecule has 1 aliphatic rings. The van der Waals surface area contributed by atoms with Gasteiger partial charge in [0.15, 0.2) is 15.8 Å². The van der Waals surface area contributed by atoms with Crippen LogP contribution < -0.4 is 15.5 Å². The third-order valence-electron chi connectivity index (χ3n) is 4.05. The summed E-state index contributed by atoms with van der Waals surface area (Å²) >= 11 is 1.31. The number of esters is 1. The first kappa shape index (κ1) is 15.8. The Morgan fingerprint density at radius 1 is 1.35 bits per heavy atom. The van der Waals surface area contributed by atoms with Crippen molar-refractivity contribution in [1.82, 2.24) is 4.98 Å². The van der Waals surface area contributed by atoms with Crippen LogP contribution in [0.25, 0.3) is 0 Å². The number of carbonyl (C=O) groups excluding carboxylic acids is 1. The number of anilines is 2. The molecule has 7 heteroatoms. The number of rotatable bonds is 4. The van der Waals surface area contributed by atoms with E-state index in [1.165, 1.54) is 24.0 Å². The highest BCUT2D eigenvalue weighted by molar-refractivity contribution is 7.18. The molecule has 0 saturated carbocycles. The van der Waals surface area contributed by atoms with E-state index in [-0.39, 0.29) is 5.82 Å². The molecule has 0 atom stereocenters. The van der Waals surface area contributed by atoms with Crippen molar-refractivity contribution >= 4 is 28.3 Å². The van der Waals surface area contributed by atoms with Crippen molar-refractivity contribution < 1.29 is 14.4 Å². The molecule has 2 heterocycles. The third kappa shape index (κ3) is 3.62. The summed E-state index contributed by atoms with van der Waals surface area (Å²) in [5.74, 6) is -0.157. The van der Waals surface area contributed by atoms with E-state index in [0.29, 0.717) is 4.88 Å². The number of nitrogens with two attached hydrogens (primary N) is 1. The minimum Gasteiger partial charge on any atom is -0.465 e. The first-order valence-electron chi connectivity index (χ1n) is 7.64. The number of carbonyl (C=O) groups is 1. The van der Waals surface area contributed by atoms with Crippen LogP contribution in [-0.4, -0.2) is 44.2 Å². The number of piperazine rings is 1. The molecule has 1 saturated heterocycles. The second kappa shape index (κ2) is 6.97. The van der Waals surface area contributed by atoms with Crippen LogP contribution in [0.5, 0.6) is 0 Å². The predicted octanol–water partition coefficient (Wildman–Crippen LogP) is 0.417. The van der Waals surface area contributed by atoms with Crippen LogP contribution >= 0.6 is 11.3 Å². The lowest BCUT2D eigenvalue weighted by Gasteiger charge is -2.32. The quantitative estimate of drug-likeness (QED) is 0.793. The number of nitrogens with one attached hydrogen (secondary N) is 1. The van der Waals surface area contributed by atoms with E-state index < -0.39 is 5.97 Å². The Kier molecular flexibility index (Phi) is 4.78. The molecule has 0 radical (unpaired) electrons. The fourth-order valence-electron chi connectivity index (χ4n) is 2.77. The number of aromatic nitrogens is 1. The minimum absolute atomic E-state index is 0.260. The van der Waals surface area contributed by atoms with E-state index in [4.69, 9.17) is 10.5 Å². The maximum absolute atomic E-state index is 11.6. The summed E-state index contributed by atoms with van der Waals surface area (Å²) in [7, 11) is 1.35. The summed E-state index contributed by atoms with van der Waals surface area (Å²) in [6.07, 6.45) is 0. The number of nitrogens with zero attached hydrogens (tertiary/aromatic N) is 2. The lowest BCUT2D eigenvalue weighted by Crippen LogP contribution is -3.13. The second-order valence-electron chi connectivity index (χ2n) is 5.60. The van der Waals surface area contributed by atoms with Crippen LogP contribution in [-0.2, 0) is 11.3 Å². The number of hydrogen-bond acceptors (Lipinski definition) is 6. The maximum Gasteiger partial charge on any atom is 0.351 e. The SMILES string of the molecule is COC(=O)c1sc(N2CC[NH+](Cc3ccccc3)CC2)nc1N. The van der Waals surface area contributed by atoms with Gasteiger partial charge < -0.3 is 20.3 Å². The van der Waals surface area contributed by atoms with Gasteiger partial charge in [0, 0.05) is 5.56 Å². The van der Waals surface area contributed by atoms with Gasteiger partial charge in [-0.1, -0.05) is 41.7 Å². The van der Waals surface area contributed by atoms with Crippen LogP contribution in [0.2, 0.25) is 0 Å². The number of nitrogen functional groups attached to an aromatic ring is 1. The molecule has 1 aromatic carbocycles. The molecule has 0 spiro atoms. The second-order valence-corrected chi connectivity index (χ2v) is 6.58. The number of hydrogen-bond donors (Lipinski definition) is 2. The number of ether oxygens (including phenoxy) is 1. The number of quaternary nitrogens is 1. The van der Waals surface area contributed by atoms with E-state index >= 15 is 0 Å². The van der Waals surface area contributed by atoms with Gasteiger partial charge in [-0.05, 0) is 0 Å². The number of benzene rings is 1. The monoisotopic (exact) mass is 333 g/mol. The lowest BCUT2D eigenvalue weighted by molar-refractivity contribution is -0.914. The molecule has 122 valence electrons. The molecule has 6 nitrogen and oxygen atoms in total. The summed E-state index contributed by atoms with van der Waals surface area (Å²) in [5.41, 5.74) is 7.18. The molecule has 23 heavy (non-hydrogen) atoms. The smallest absolute Gasteiger partial charge is 0.351 e. The molecule has 0 amide bonds. The predicted molar refractivity (Wildman–Crippen MR) is 90.9 cm³/mol. The molecule has 2 aromatic rings. The molecule has 1 fully saturated rings. The van der Waals surface area contributed by atoms with Crippen LogP contribution in [0.4, 0.5) is 10.9 Å². The Bertz CT molecular complexity index is 666. The third-order valence-corrected chi connectivity index (χ3v) is 5.16. The summed E-state index contributed by atoms with van der Waals surface area (Å²) in [5, 5.41) is 0.807. The molecule has 1 aliphatic heterocycles. The van der Waals surface area contributed by atoms with Gasteiger partial charge in [0.25, 0.3) is 0 Å². The van der Waals surface area contributed by atoms with Crippen molar-refractivity contribution in [2.75, 3.05) is 43.9 Å². The zero-order valence-corrected chi connectivity index (χ0v) is 13.9. The zero-order chi connectivity index (χ0) is 16.2. The van der Waals surface area contributed by atoms with Gasteiger partial charge in [0.2, 0.25) is 0 Å². The average molecular weight is 333 g/mol. The topological polar surface area (TPSA) is 72.9 Å². The zero-order valence-electron chi connectivity index (χ0n) is 13.1. The minimum atomic E-state index is -0.417. The molecule has 1 aromatic heterocycles. The molecule has 0 bridgehead atoms. The lowest BCUT2D eigenvalue weighted by atomic mass is 10.2. The average Bonchev–Trinajstić information content (AvgIpc) is 2.97. The number of methoxy groups -OCH3 is 1. The summed E-state index contributed by atoms with van der Waals surface area (Å²) in [6, 6.07) is 10.5. The van der Waals surface area contributed by atoms with Gasteiger partial charge in [0.05, 0.1) is 33.3 Å². The van der Waals surface area contributed by atoms with Gasteiger partial charge in [-0.2, -0.15) is 0 Å². The Morgan fingerprint density at radius 2 is 2.04 bits per heavy atom. The van der Waals surface area contributed by atoms with Crippen molar-refractivity contribution in [1.29, 1.82) is 0 Å². The highest BCUT2D eigenvalue weighted by atomic mass is 32.1. The summed E-state index contributed by atoms with van der Waals surface area (Å²) in [6.45, 7) is 4.96. The molecule has 0 aliphatic carbocycles. The summed E-state index contributed by atoms with van der Waals surface area (Å²) in [4.78, 5) is 20.1. The molecular weight excluding hydrogens is 312 g/mol. The van der Waals surface area contributed by atoms with Gasteiger partial charge >= 0.3 is 5.97 Å². The molecular formula is C16H21N4O2S+. The molecule has 3 N–H and O–H groups in total. The van der Waals surface area contributed by atoms with E-state index in [9.17, 15) is 4.79 Å². The summed E-state index contributed by atoms with van der Waals surface area (Å²) < 4.78 is 4.73. The van der Waals surface area contributed by atoms with Crippen LogP contribution in [0, 0.1) is 0 Å². The van der Waals surface area contributed by atoms with Crippen molar-refractivity contribution in [2.45, 2.75) is 6.54 Å². The van der Waals surface area contributed by atoms with E-state index in [0.717, 1.165) is 37.9 Å². The van der Waals surface area contributed by atoms with Gasteiger partial charge in [-0.3, -0.25) is 0 Å². The molecule has 3 rings (SSSR count). The van der Waals surface area contributed by atoms with Crippen molar-refractivity contribution in [2.24, 2.45) is 0 Å². The van der Waals surface area contributed by atoms with Gasteiger partial charge in [-0.15, -0.1) is 0 Å². The fraction of sp³-hybridized carbons (Fsp3) is 0.375. The maximum atomic E-state index is 11.6. The van der Waals surface area contributed by atoms with E-state index in [1.54, 1.807) is 4.90 Å². The first-order valence-corrected chi connectivity index (χ1v) is 8.46. The Labute approximate surface area is 139 Å². The van der Waals surface area contributed by atoms with Gasteiger partial charge in [0.1, 0.15) is 6.54 Å². The normalized spacial score (nSPS) is 15.6. The van der Waals surface area contributed by atoms with Crippen LogP contribution in [0.1, 0.15) is 15.2 Å². The highest BCUT2D eigenvalue weighted by Crippen LogP contribution is 2.28. The van der Waals surface area contributed by atoms with Crippen molar-refractivity contribution in [3.05, 3.63) is 40.8 Å². The van der Waals surface area contributed by atoms with E-state index in [2.05, 4.69) is 34.1 Å². The van der Waals surface area contributed by atoms with E-state index in [1.807, 2.05) is 6.07 Å². The fourth-order valence-corrected chi connectivity index (χ4v) is 3.73. The Morgan fingerprint density at radius 3 is 2.70 bits per heavy atom. The van der Waals surface area contributed by atoms with Gasteiger partial charge in [-0.25, -0.2) is 9.78 Å². The molecule has 0 unspecified atom stereocenters. The van der Waals surface area contributed by atoms with Crippen LogP contribution in [0.3, 0.4) is 0 Å². The van der Waals surface area contributed by atoms with Crippen molar-refractivity contribution in [3.63, 3.8) is 0 Å².